The zero-order valence-electron chi connectivity index (χ0n) is 15.0. The van der Waals surface area contributed by atoms with Crippen molar-refractivity contribution < 1.29 is 0 Å². The molecule has 2 aromatic rings. The van der Waals surface area contributed by atoms with Crippen LogP contribution >= 0.6 is 0 Å². The summed E-state index contributed by atoms with van der Waals surface area (Å²) in [6.45, 7) is 6.22. The van der Waals surface area contributed by atoms with Gasteiger partial charge in [0.15, 0.2) is 0 Å². The standard InChI is InChI=1S/C22H30N2/c1-17-7-11-19(12-8-17)15-23-21-5-3-4-6-22(21)24-16-20-13-9-18(2)10-14-20/h7-14,21-24H,3-6,15-16H2,1-2H3/t21-,22-/m1/s1. The predicted molar refractivity (Wildman–Crippen MR) is 102 cm³/mol. The third-order valence-corrected chi connectivity index (χ3v) is 5.14. The van der Waals surface area contributed by atoms with Crippen molar-refractivity contribution in [3.63, 3.8) is 0 Å². The molecule has 0 saturated heterocycles. The van der Waals surface area contributed by atoms with E-state index in [0.29, 0.717) is 12.1 Å². The molecule has 1 fully saturated rings. The first-order valence-corrected chi connectivity index (χ1v) is 9.28. The summed E-state index contributed by atoms with van der Waals surface area (Å²) in [4.78, 5) is 0. The van der Waals surface area contributed by atoms with Crippen molar-refractivity contribution in [3.8, 4) is 0 Å². The molecule has 2 heteroatoms. The average Bonchev–Trinajstić information content (AvgIpc) is 2.61. The van der Waals surface area contributed by atoms with Gasteiger partial charge in [-0.25, -0.2) is 0 Å². The predicted octanol–water partition coefficient (Wildman–Crippen LogP) is 4.49. The maximum Gasteiger partial charge on any atom is 0.0224 e. The molecule has 0 aliphatic heterocycles. The molecule has 1 aliphatic rings. The smallest absolute Gasteiger partial charge is 0.0224 e. The minimum Gasteiger partial charge on any atom is -0.308 e. The van der Waals surface area contributed by atoms with Crippen molar-refractivity contribution in [2.75, 3.05) is 0 Å². The second-order valence-corrected chi connectivity index (χ2v) is 7.23. The minimum absolute atomic E-state index is 0.575. The van der Waals surface area contributed by atoms with Gasteiger partial charge in [0.1, 0.15) is 0 Å². The lowest BCUT2D eigenvalue weighted by molar-refractivity contribution is 0.281. The Morgan fingerprint density at radius 1 is 0.667 bits per heavy atom. The van der Waals surface area contributed by atoms with Gasteiger partial charge in [-0.15, -0.1) is 0 Å². The highest BCUT2D eigenvalue weighted by atomic mass is 15.0. The molecule has 2 N–H and O–H groups in total. The van der Waals surface area contributed by atoms with E-state index in [9.17, 15) is 0 Å². The lowest BCUT2D eigenvalue weighted by Gasteiger charge is -2.33. The Bertz CT molecular complexity index is 558. The van der Waals surface area contributed by atoms with Crippen LogP contribution < -0.4 is 10.6 Å². The molecular weight excluding hydrogens is 292 g/mol. The molecule has 0 amide bonds. The van der Waals surface area contributed by atoms with Crippen LogP contribution in [0.15, 0.2) is 48.5 Å². The summed E-state index contributed by atoms with van der Waals surface area (Å²) in [7, 11) is 0. The number of aryl methyl sites for hydroxylation is 2. The van der Waals surface area contributed by atoms with Crippen molar-refractivity contribution in [1.29, 1.82) is 0 Å². The van der Waals surface area contributed by atoms with E-state index in [4.69, 9.17) is 0 Å². The van der Waals surface area contributed by atoms with Crippen LogP contribution in [0.5, 0.6) is 0 Å². The molecule has 0 heterocycles. The summed E-state index contributed by atoms with van der Waals surface area (Å²) in [5, 5.41) is 7.58. The first-order chi connectivity index (χ1) is 11.7. The molecule has 0 bridgehead atoms. The second kappa shape index (κ2) is 8.46. The van der Waals surface area contributed by atoms with Crippen molar-refractivity contribution in [2.45, 2.75) is 64.7 Å². The lowest BCUT2D eigenvalue weighted by Crippen LogP contribution is -2.49. The Labute approximate surface area is 146 Å². The van der Waals surface area contributed by atoms with Crippen molar-refractivity contribution in [1.82, 2.24) is 10.6 Å². The molecule has 0 spiro atoms. The minimum atomic E-state index is 0.575. The first-order valence-electron chi connectivity index (χ1n) is 9.28. The Balaban J connectivity index is 1.52. The van der Waals surface area contributed by atoms with Gasteiger partial charge in [0.25, 0.3) is 0 Å². The van der Waals surface area contributed by atoms with Gasteiger partial charge < -0.3 is 10.6 Å². The molecule has 0 unspecified atom stereocenters. The van der Waals surface area contributed by atoms with E-state index in [1.165, 1.54) is 47.9 Å². The Morgan fingerprint density at radius 2 is 1.04 bits per heavy atom. The monoisotopic (exact) mass is 322 g/mol. The molecule has 2 atom stereocenters. The Kier molecular flexibility index (Phi) is 6.06. The highest BCUT2D eigenvalue weighted by molar-refractivity contribution is 5.22. The van der Waals surface area contributed by atoms with E-state index in [2.05, 4.69) is 73.0 Å². The SMILES string of the molecule is Cc1ccc(CN[C@@H]2CCCC[C@H]2NCc2ccc(C)cc2)cc1. The summed E-state index contributed by atoms with van der Waals surface area (Å²) in [6, 6.07) is 18.9. The molecule has 3 rings (SSSR count). The fourth-order valence-electron chi connectivity index (χ4n) is 3.53. The second-order valence-electron chi connectivity index (χ2n) is 7.23. The van der Waals surface area contributed by atoms with Gasteiger partial charge in [0.2, 0.25) is 0 Å². The van der Waals surface area contributed by atoms with Crippen LogP contribution in [0, 0.1) is 13.8 Å². The molecule has 2 nitrogen and oxygen atoms in total. The largest absolute Gasteiger partial charge is 0.308 e. The van der Waals surface area contributed by atoms with E-state index < -0.39 is 0 Å². The fourth-order valence-corrected chi connectivity index (χ4v) is 3.53. The highest BCUT2D eigenvalue weighted by Crippen LogP contribution is 2.20. The van der Waals surface area contributed by atoms with Gasteiger partial charge in [-0.3, -0.25) is 0 Å². The molecule has 24 heavy (non-hydrogen) atoms. The third kappa shape index (κ3) is 4.93. The van der Waals surface area contributed by atoms with E-state index in [0.717, 1.165) is 13.1 Å². The van der Waals surface area contributed by atoms with Crippen LogP contribution in [-0.2, 0) is 13.1 Å². The number of benzene rings is 2. The maximum absolute atomic E-state index is 3.79. The number of hydrogen-bond donors (Lipinski definition) is 2. The van der Waals surface area contributed by atoms with Gasteiger partial charge in [0.05, 0.1) is 0 Å². The molecule has 0 radical (unpaired) electrons. The van der Waals surface area contributed by atoms with Crippen molar-refractivity contribution in [3.05, 3.63) is 70.8 Å². The summed E-state index contributed by atoms with van der Waals surface area (Å²) in [6.07, 6.45) is 5.23. The number of rotatable bonds is 6. The highest BCUT2D eigenvalue weighted by Gasteiger charge is 2.24. The number of nitrogens with one attached hydrogen (secondary N) is 2. The van der Waals surface area contributed by atoms with E-state index in [-0.39, 0.29) is 0 Å². The van der Waals surface area contributed by atoms with Crippen LogP contribution in [0.3, 0.4) is 0 Å². The summed E-state index contributed by atoms with van der Waals surface area (Å²) >= 11 is 0. The molecule has 128 valence electrons. The van der Waals surface area contributed by atoms with Crippen LogP contribution in [0.25, 0.3) is 0 Å². The summed E-state index contributed by atoms with van der Waals surface area (Å²) in [5.74, 6) is 0. The van der Waals surface area contributed by atoms with Crippen molar-refractivity contribution >= 4 is 0 Å². The Hall–Kier alpha value is -1.64. The van der Waals surface area contributed by atoms with E-state index in [1.54, 1.807) is 0 Å². The van der Waals surface area contributed by atoms with Gasteiger partial charge in [-0.1, -0.05) is 72.5 Å². The van der Waals surface area contributed by atoms with Gasteiger partial charge >= 0.3 is 0 Å². The van der Waals surface area contributed by atoms with Gasteiger partial charge in [-0.05, 0) is 37.8 Å². The van der Waals surface area contributed by atoms with Crippen LogP contribution in [0.2, 0.25) is 0 Å². The fraction of sp³-hybridized carbons (Fsp3) is 0.455. The lowest BCUT2D eigenvalue weighted by atomic mass is 9.90. The topological polar surface area (TPSA) is 24.1 Å². The van der Waals surface area contributed by atoms with Gasteiger partial charge in [-0.2, -0.15) is 0 Å². The number of hydrogen-bond acceptors (Lipinski definition) is 2. The Morgan fingerprint density at radius 3 is 1.42 bits per heavy atom. The first kappa shape index (κ1) is 17.2. The molecule has 2 aromatic carbocycles. The summed E-state index contributed by atoms with van der Waals surface area (Å²) in [5.41, 5.74) is 5.41. The summed E-state index contributed by atoms with van der Waals surface area (Å²) < 4.78 is 0. The van der Waals surface area contributed by atoms with E-state index >= 15 is 0 Å². The van der Waals surface area contributed by atoms with Crippen LogP contribution in [0.1, 0.15) is 47.9 Å². The molecular formula is C22H30N2. The molecule has 1 aliphatic carbocycles. The normalized spacial score (nSPS) is 20.9. The third-order valence-electron chi connectivity index (χ3n) is 5.14. The zero-order chi connectivity index (χ0) is 16.8. The average molecular weight is 322 g/mol. The zero-order valence-corrected chi connectivity index (χ0v) is 15.0. The van der Waals surface area contributed by atoms with Crippen LogP contribution in [-0.4, -0.2) is 12.1 Å². The van der Waals surface area contributed by atoms with Gasteiger partial charge in [0, 0.05) is 25.2 Å². The molecule has 0 aromatic heterocycles. The maximum atomic E-state index is 3.79. The van der Waals surface area contributed by atoms with Crippen LogP contribution in [0.4, 0.5) is 0 Å². The van der Waals surface area contributed by atoms with Crippen molar-refractivity contribution in [2.24, 2.45) is 0 Å². The quantitative estimate of drug-likeness (QED) is 0.818. The molecule has 1 saturated carbocycles. The van der Waals surface area contributed by atoms with E-state index in [1.807, 2.05) is 0 Å².